The number of fused-ring (bicyclic) bond motifs is 1. The number of nitrogens with zero attached hydrogens (tertiary/aromatic N) is 5. The summed E-state index contributed by atoms with van der Waals surface area (Å²) in [7, 11) is -0.964. The molecule has 0 unspecified atom stereocenters. The Kier molecular flexibility index (Phi) is 6.16. The Bertz CT molecular complexity index is 1360. The number of anilines is 1. The Morgan fingerprint density at radius 2 is 1.88 bits per heavy atom. The molecule has 0 bridgehead atoms. The molecule has 170 valence electrons. The van der Waals surface area contributed by atoms with E-state index in [0.717, 1.165) is 45.1 Å². The number of benzene rings is 1. The summed E-state index contributed by atoms with van der Waals surface area (Å²) in [6.45, 7) is 2.76. The fraction of sp³-hybridized carbons (Fsp3) is 0.273. The van der Waals surface area contributed by atoms with Crippen LogP contribution in [0, 0.1) is 0 Å². The monoisotopic (exact) mass is 483 g/mol. The summed E-state index contributed by atoms with van der Waals surface area (Å²) in [5.41, 5.74) is 3.23. The summed E-state index contributed by atoms with van der Waals surface area (Å²) in [6.07, 6.45) is 3.30. The molecule has 0 spiro atoms. The molecular formula is C22H21N5O4S2. The van der Waals surface area contributed by atoms with Gasteiger partial charge in [-0.1, -0.05) is 18.2 Å². The van der Waals surface area contributed by atoms with Crippen LogP contribution in [-0.4, -0.2) is 61.8 Å². The second-order valence-electron chi connectivity index (χ2n) is 7.44. The third-order valence-corrected chi connectivity index (χ3v) is 7.05. The summed E-state index contributed by atoms with van der Waals surface area (Å²) in [4.78, 5) is 21.3. The van der Waals surface area contributed by atoms with Gasteiger partial charge in [-0.15, -0.1) is 11.3 Å². The third-order valence-electron chi connectivity index (χ3n) is 5.26. The van der Waals surface area contributed by atoms with E-state index < -0.39 is 10.7 Å². The molecule has 5 rings (SSSR count). The van der Waals surface area contributed by atoms with E-state index in [4.69, 9.17) is 19.4 Å². The number of methoxy groups -OCH3 is 1. The molecular weight excluding hydrogens is 462 g/mol. The lowest BCUT2D eigenvalue weighted by atomic mass is 10.1. The molecule has 0 atom stereocenters. The molecule has 0 amide bonds. The predicted molar refractivity (Wildman–Crippen MR) is 127 cm³/mol. The summed E-state index contributed by atoms with van der Waals surface area (Å²) >= 11 is 1.60. The van der Waals surface area contributed by atoms with Crippen molar-refractivity contribution in [3.63, 3.8) is 0 Å². The zero-order valence-electron chi connectivity index (χ0n) is 17.8. The Balaban J connectivity index is 1.62. The van der Waals surface area contributed by atoms with Gasteiger partial charge < -0.3 is 14.4 Å². The quantitative estimate of drug-likeness (QED) is 0.414. The summed E-state index contributed by atoms with van der Waals surface area (Å²) in [5.74, 6) is 1.41. The first-order chi connectivity index (χ1) is 16.1. The van der Waals surface area contributed by atoms with Gasteiger partial charge in [0, 0.05) is 30.4 Å². The van der Waals surface area contributed by atoms with Crippen molar-refractivity contribution >= 4 is 38.1 Å². The standard InChI is InChI=1S/C22H21N5O4S2/c1-30-22-23-11-16(12-24-22)20-25-17-10-18(15-4-2-3-14(9-15)13-33(28)29)32-19(17)21(26-20)27-5-7-31-8-6-27/h2-4,9-12,33H,5-8,13H2,1H3. The van der Waals surface area contributed by atoms with Crippen LogP contribution in [0.25, 0.3) is 32.0 Å². The van der Waals surface area contributed by atoms with E-state index in [1.807, 2.05) is 30.3 Å². The van der Waals surface area contributed by atoms with Crippen molar-refractivity contribution in [2.75, 3.05) is 38.3 Å². The van der Waals surface area contributed by atoms with Crippen LogP contribution in [0.3, 0.4) is 0 Å². The largest absolute Gasteiger partial charge is 0.467 e. The minimum Gasteiger partial charge on any atom is -0.467 e. The zero-order chi connectivity index (χ0) is 22.8. The molecule has 4 aromatic rings. The van der Waals surface area contributed by atoms with Crippen molar-refractivity contribution in [3.8, 4) is 27.8 Å². The van der Waals surface area contributed by atoms with Crippen molar-refractivity contribution in [2.24, 2.45) is 0 Å². The minimum absolute atomic E-state index is 0.0223. The van der Waals surface area contributed by atoms with Crippen molar-refractivity contribution in [3.05, 3.63) is 48.3 Å². The van der Waals surface area contributed by atoms with Crippen molar-refractivity contribution in [1.29, 1.82) is 0 Å². The van der Waals surface area contributed by atoms with Crippen LogP contribution in [0.2, 0.25) is 0 Å². The molecule has 0 N–H and O–H groups in total. The highest BCUT2D eigenvalue weighted by molar-refractivity contribution is 7.71. The zero-order valence-corrected chi connectivity index (χ0v) is 19.5. The molecule has 9 nitrogen and oxygen atoms in total. The Labute approximate surface area is 196 Å². The van der Waals surface area contributed by atoms with Gasteiger partial charge in [-0.05, 0) is 23.3 Å². The second-order valence-corrected chi connectivity index (χ2v) is 9.48. The highest BCUT2D eigenvalue weighted by Crippen LogP contribution is 2.39. The average Bonchev–Trinajstić information content (AvgIpc) is 3.28. The highest BCUT2D eigenvalue weighted by atomic mass is 32.2. The number of hydrogen-bond donors (Lipinski definition) is 1. The van der Waals surface area contributed by atoms with E-state index in [-0.39, 0.29) is 11.8 Å². The number of rotatable bonds is 6. The van der Waals surface area contributed by atoms with Crippen LogP contribution >= 0.6 is 11.3 Å². The van der Waals surface area contributed by atoms with Gasteiger partial charge in [0.05, 0.1) is 41.9 Å². The van der Waals surface area contributed by atoms with Crippen molar-refractivity contribution in [1.82, 2.24) is 19.9 Å². The number of hydrogen-bond acceptors (Lipinski definition) is 10. The molecule has 0 radical (unpaired) electrons. The minimum atomic E-state index is -2.48. The topological polar surface area (TPSA) is 107 Å². The summed E-state index contributed by atoms with van der Waals surface area (Å²) in [5, 5.41) is 0. The van der Waals surface area contributed by atoms with Crippen LogP contribution in [0.4, 0.5) is 5.82 Å². The SMILES string of the molecule is COc1ncc(-c2nc(N3CCOCC3)c3sc(-c4cccc(C[SH](=O)=O)c4)cc3n2)cn1. The fourth-order valence-corrected chi connectivity index (χ4v) is 5.29. The van der Waals surface area contributed by atoms with E-state index >= 15 is 0 Å². The van der Waals surface area contributed by atoms with Gasteiger partial charge in [0.2, 0.25) is 0 Å². The van der Waals surface area contributed by atoms with Crippen molar-refractivity contribution in [2.45, 2.75) is 5.75 Å². The molecule has 3 aromatic heterocycles. The number of aromatic nitrogens is 4. The van der Waals surface area contributed by atoms with E-state index in [2.05, 4.69) is 14.9 Å². The van der Waals surface area contributed by atoms with Crippen LogP contribution in [-0.2, 0) is 21.2 Å². The molecule has 1 saturated heterocycles. The Hall–Kier alpha value is -3.15. The fourth-order valence-electron chi connectivity index (χ4n) is 3.68. The van der Waals surface area contributed by atoms with Gasteiger partial charge in [-0.2, -0.15) is 0 Å². The maximum absolute atomic E-state index is 11.2. The lowest BCUT2D eigenvalue weighted by Gasteiger charge is -2.28. The average molecular weight is 484 g/mol. The maximum Gasteiger partial charge on any atom is 0.316 e. The van der Waals surface area contributed by atoms with Crippen LogP contribution in [0.1, 0.15) is 5.56 Å². The van der Waals surface area contributed by atoms with Gasteiger partial charge in [-0.25, -0.2) is 28.4 Å². The first-order valence-electron chi connectivity index (χ1n) is 10.3. The maximum atomic E-state index is 11.2. The highest BCUT2D eigenvalue weighted by Gasteiger charge is 2.21. The number of thiol groups is 1. The molecule has 4 heterocycles. The van der Waals surface area contributed by atoms with Gasteiger partial charge in [0.25, 0.3) is 0 Å². The van der Waals surface area contributed by atoms with Crippen LogP contribution in [0.15, 0.2) is 42.7 Å². The molecule has 11 heteroatoms. The lowest BCUT2D eigenvalue weighted by molar-refractivity contribution is 0.122. The number of morpholine rings is 1. The number of ether oxygens (including phenoxy) is 2. The number of thiophene rings is 1. The molecule has 1 aromatic carbocycles. The van der Waals surface area contributed by atoms with E-state index in [0.29, 0.717) is 24.6 Å². The van der Waals surface area contributed by atoms with Gasteiger partial charge in [0.15, 0.2) is 11.6 Å². The second kappa shape index (κ2) is 9.38. The van der Waals surface area contributed by atoms with Crippen molar-refractivity contribution < 1.29 is 17.9 Å². The molecule has 1 fully saturated rings. The molecule has 0 saturated carbocycles. The molecule has 0 aliphatic carbocycles. The molecule has 1 aliphatic rings. The summed E-state index contributed by atoms with van der Waals surface area (Å²) in [6, 6.07) is 9.90. The first-order valence-corrected chi connectivity index (χ1v) is 12.5. The smallest absolute Gasteiger partial charge is 0.316 e. The first kappa shape index (κ1) is 21.7. The van der Waals surface area contributed by atoms with E-state index in [1.54, 1.807) is 23.7 Å². The van der Waals surface area contributed by atoms with Crippen LogP contribution in [0.5, 0.6) is 6.01 Å². The van der Waals surface area contributed by atoms with Gasteiger partial charge >= 0.3 is 6.01 Å². The van der Waals surface area contributed by atoms with Crippen LogP contribution < -0.4 is 9.64 Å². The van der Waals surface area contributed by atoms with E-state index in [1.165, 1.54) is 7.11 Å². The van der Waals surface area contributed by atoms with Gasteiger partial charge in [-0.3, -0.25) is 0 Å². The predicted octanol–water partition coefficient (Wildman–Crippen LogP) is 2.77. The summed E-state index contributed by atoms with van der Waals surface area (Å²) < 4.78 is 33.9. The van der Waals surface area contributed by atoms with E-state index in [9.17, 15) is 8.42 Å². The Morgan fingerprint density at radius 1 is 1.09 bits per heavy atom. The lowest BCUT2D eigenvalue weighted by Crippen LogP contribution is -2.36. The third kappa shape index (κ3) is 4.65. The molecule has 1 aliphatic heterocycles. The normalized spacial score (nSPS) is 14.2. The van der Waals surface area contributed by atoms with Gasteiger partial charge in [0.1, 0.15) is 10.7 Å². The molecule has 33 heavy (non-hydrogen) atoms. The Morgan fingerprint density at radius 3 is 2.61 bits per heavy atom.